The second-order valence-corrected chi connectivity index (χ2v) is 4.70. The summed E-state index contributed by atoms with van der Waals surface area (Å²) in [5, 5.41) is 3.15. The molecular formula is C12H21N3O4. The normalized spacial score (nSPS) is 24.4. The van der Waals surface area contributed by atoms with Crippen molar-refractivity contribution in [2.45, 2.75) is 6.10 Å². The number of rotatable bonds is 3. The van der Waals surface area contributed by atoms with Crippen molar-refractivity contribution in [3.8, 4) is 0 Å². The van der Waals surface area contributed by atoms with Gasteiger partial charge in [0.25, 0.3) is 5.91 Å². The summed E-state index contributed by atoms with van der Waals surface area (Å²) in [5.74, 6) is -0.00350. The van der Waals surface area contributed by atoms with Crippen LogP contribution < -0.4 is 5.32 Å². The monoisotopic (exact) mass is 271 g/mol. The molecular weight excluding hydrogens is 250 g/mol. The van der Waals surface area contributed by atoms with E-state index >= 15 is 0 Å². The van der Waals surface area contributed by atoms with Gasteiger partial charge in [0.05, 0.1) is 6.61 Å². The van der Waals surface area contributed by atoms with E-state index in [1.807, 2.05) is 0 Å². The van der Waals surface area contributed by atoms with Gasteiger partial charge in [0.2, 0.25) is 5.91 Å². The molecule has 0 aromatic heterocycles. The minimum absolute atomic E-state index is 0.0195. The van der Waals surface area contributed by atoms with Crippen LogP contribution in [0.4, 0.5) is 0 Å². The number of piperazine rings is 1. The Labute approximate surface area is 112 Å². The van der Waals surface area contributed by atoms with Crippen LogP contribution in [0.1, 0.15) is 0 Å². The van der Waals surface area contributed by atoms with Crippen LogP contribution in [0.5, 0.6) is 0 Å². The van der Waals surface area contributed by atoms with Crippen molar-refractivity contribution in [3.63, 3.8) is 0 Å². The first-order valence-electron chi connectivity index (χ1n) is 6.60. The van der Waals surface area contributed by atoms with E-state index in [0.29, 0.717) is 39.3 Å². The summed E-state index contributed by atoms with van der Waals surface area (Å²) in [5.41, 5.74) is 0. The molecule has 108 valence electrons. The molecule has 0 aliphatic carbocycles. The van der Waals surface area contributed by atoms with Gasteiger partial charge in [0, 0.05) is 46.4 Å². The molecule has 2 aliphatic rings. The van der Waals surface area contributed by atoms with Crippen LogP contribution in [0.25, 0.3) is 0 Å². The molecule has 1 atom stereocenters. The second-order valence-electron chi connectivity index (χ2n) is 4.70. The molecule has 0 bridgehead atoms. The average molecular weight is 271 g/mol. The number of methoxy groups -OCH3 is 1. The van der Waals surface area contributed by atoms with Crippen LogP contribution in [-0.4, -0.2) is 87.3 Å². The smallest absolute Gasteiger partial charge is 0.253 e. The van der Waals surface area contributed by atoms with E-state index in [1.54, 1.807) is 9.80 Å². The van der Waals surface area contributed by atoms with Gasteiger partial charge in [0.1, 0.15) is 12.7 Å². The lowest BCUT2D eigenvalue weighted by Gasteiger charge is -2.37. The fraction of sp³-hybridized carbons (Fsp3) is 0.833. The quantitative estimate of drug-likeness (QED) is 0.662. The fourth-order valence-corrected chi connectivity index (χ4v) is 2.32. The maximum Gasteiger partial charge on any atom is 0.253 e. The van der Waals surface area contributed by atoms with Gasteiger partial charge >= 0.3 is 0 Å². The molecule has 7 nitrogen and oxygen atoms in total. The van der Waals surface area contributed by atoms with Crippen LogP contribution in [0.15, 0.2) is 0 Å². The molecule has 0 aromatic rings. The molecule has 2 saturated heterocycles. The number of nitrogens with zero attached hydrogens (tertiary/aromatic N) is 2. The van der Waals surface area contributed by atoms with Gasteiger partial charge in [-0.2, -0.15) is 0 Å². The zero-order chi connectivity index (χ0) is 13.7. The maximum atomic E-state index is 12.2. The molecule has 19 heavy (non-hydrogen) atoms. The Morgan fingerprint density at radius 3 is 2.53 bits per heavy atom. The van der Waals surface area contributed by atoms with Crippen LogP contribution in [0.3, 0.4) is 0 Å². The topological polar surface area (TPSA) is 71.1 Å². The van der Waals surface area contributed by atoms with Crippen molar-refractivity contribution >= 4 is 11.8 Å². The molecule has 0 radical (unpaired) electrons. The summed E-state index contributed by atoms with van der Waals surface area (Å²) in [6, 6.07) is 0. The third-order valence-corrected chi connectivity index (χ3v) is 3.41. The number of carbonyl (C=O) groups excluding carboxylic acids is 2. The standard InChI is InChI=1S/C12H21N3O4/c1-18-9-11(16)14-3-5-15(6-4-14)12(17)10-8-13-2-7-19-10/h10,13H,2-9H2,1H3. The molecule has 2 heterocycles. The molecule has 7 heteroatoms. The Hall–Kier alpha value is -1.18. The fourth-order valence-electron chi connectivity index (χ4n) is 2.32. The summed E-state index contributed by atoms with van der Waals surface area (Å²) in [6.07, 6.45) is -0.380. The summed E-state index contributed by atoms with van der Waals surface area (Å²) in [7, 11) is 1.51. The van der Waals surface area contributed by atoms with Crippen LogP contribution >= 0.6 is 0 Å². The van der Waals surface area contributed by atoms with Gasteiger partial charge in [-0.1, -0.05) is 0 Å². The lowest BCUT2D eigenvalue weighted by molar-refractivity contribution is -0.150. The van der Waals surface area contributed by atoms with Crippen LogP contribution in [0, 0.1) is 0 Å². The number of carbonyl (C=O) groups is 2. The lowest BCUT2D eigenvalue weighted by Crippen LogP contribution is -2.56. The number of morpholine rings is 1. The molecule has 2 aliphatic heterocycles. The Morgan fingerprint density at radius 1 is 1.26 bits per heavy atom. The van der Waals surface area contributed by atoms with Gasteiger partial charge in [-0.25, -0.2) is 0 Å². The first kappa shape index (κ1) is 14.2. The summed E-state index contributed by atoms with van der Waals surface area (Å²) in [4.78, 5) is 27.3. The van der Waals surface area contributed by atoms with Gasteiger partial charge in [0.15, 0.2) is 0 Å². The Balaban J connectivity index is 1.79. The molecule has 0 spiro atoms. The number of hydrogen-bond donors (Lipinski definition) is 1. The zero-order valence-corrected chi connectivity index (χ0v) is 11.3. The number of hydrogen-bond acceptors (Lipinski definition) is 5. The average Bonchev–Trinajstić information content (AvgIpc) is 2.48. The maximum absolute atomic E-state index is 12.2. The molecule has 2 rings (SSSR count). The van der Waals surface area contributed by atoms with Crippen molar-refractivity contribution in [1.29, 1.82) is 0 Å². The van der Waals surface area contributed by atoms with Crippen molar-refractivity contribution in [2.75, 3.05) is 59.6 Å². The Kier molecular flexibility index (Phi) is 5.12. The van der Waals surface area contributed by atoms with E-state index in [1.165, 1.54) is 7.11 Å². The van der Waals surface area contributed by atoms with Gasteiger partial charge in [-0.3, -0.25) is 9.59 Å². The van der Waals surface area contributed by atoms with E-state index in [-0.39, 0.29) is 24.5 Å². The summed E-state index contributed by atoms with van der Waals surface area (Å²) < 4.78 is 10.3. The largest absolute Gasteiger partial charge is 0.375 e. The van der Waals surface area contributed by atoms with E-state index in [2.05, 4.69) is 5.32 Å². The van der Waals surface area contributed by atoms with Crippen molar-refractivity contribution < 1.29 is 19.1 Å². The molecule has 1 N–H and O–H groups in total. The SMILES string of the molecule is COCC(=O)N1CCN(C(=O)C2CNCCO2)CC1. The van der Waals surface area contributed by atoms with Gasteiger partial charge in [-0.15, -0.1) is 0 Å². The number of nitrogens with one attached hydrogen (secondary N) is 1. The van der Waals surface area contributed by atoms with Gasteiger partial charge in [-0.05, 0) is 0 Å². The van der Waals surface area contributed by atoms with E-state index < -0.39 is 0 Å². The summed E-state index contributed by atoms with van der Waals surface area (Å²) in [6.45, 7) is 4.29. The third-order valence-electron chi connectivity index (χ3n) is 3.41. The van der Waals surface area contributed by atoms with E-state index in [4.69, 9.17) is 9.47 Å². The van der Waals surface area contributed by atoms with Crippen LogP contribution in [0.2, 0.25) is 0 Å². The van der Waals surface area contributed by atoms with Crippen molar-refractivity contribution in [1.82, 2.24) is 15.1 Å². The lowest BCUT2D eigenvalue weighted by atomic mass is 10.2. The van der Waals surface area contributed by atoms with Gasteiger partial charge < -0.3 is 24.6 Å². The molecule has 2 amide bonds. The van der Waals surface area contributed by atoms with Crippen molar-refractivity contribution in [3.05, 3.63) is 0 Å². The Bertz CT molecular complexity index is 323. The predicted octanol–water partition coefficient (Wildman–Crippen LogP) is -1.71. The summed E-state index contributed by atoms with van der Waals surface area (Å²) >= 11 is 0. The van der Waals surface area contributed by atoms with Crippen molar-refractivity contribution in [2.24, 2.45) is 0 Å². The predicted molar refractivity (Wildman–Crippen MR) is 67.6 cm³/mol. The van der Waals surface area contributed by atoms with Crippen LogP contribution in [-0.2, 0) is 19.1 Å². The minimum atomic E-state index is -0.380. The first-order valence-corrected chi connectivity index (χ1v) is 6.60. The van der Waals surface area contributed by atoms with E-state index in [0.717, 1.165) is 6.54 Å². The first-order chi connectivity index (χ1) is 9.22. The highest BCUT2D eigenvalue weighted by Gasteiger charge is 2.30. The molecule has 0 aromatic carbocycles. The Morgan fingerprint density at radius 2 is 1.95 bits per heavy atom. The second kappa shape index (κ2) is 6.83. The highest BCUT2D eigenvalue weighted by Crippen LogP contribution is 2.07. The number of amides is 2. The highest BCUT2D eigenvalue weighted by atomic mass is 16.5. The minimum Gasteiger partial charge on any atom is -0.375 e. The molecule has 0 saturated carbocycles. The molecule has 2 fully saturated rings. The zero-order valence-electron chi connectivity index (χ0n) is 11.3. The van der Waals surface area contributed by atoms with E-state index in [9.17, 15) is 9.59 Å². The number of ether oxygens (including phenoxy) is 2. The highest BCUT2D eigenvalue weighted by molar-refractivity contribution is 5.82. The molecule has 1 unspecified atom stereocenters. The third kappa shape index (κ3) is 3.65.